The number of rotatable bonds is 4. The van der Waals surface area contributed by atoms with Gasteiger partial charge in [0.05, 0.1) is 17.0 Å². The van der Waals surface area contributed by atoms with Crippen LogP contribution in [0.4, 0.5) is 0 Å². The van der Waals surface area contributed by atoms with E-state index in [0.717, 1.165) is 11.3 Å². The fourth-order valence-corrected chi connectivity index (χ4v) is 2.65. The number of carbonyl (C=O) groups excluding carboxylic acids is 1. The lowest BCUT2D eigenvalue weighted by Gasteiger charge is -2.11. The summed E-state index contributed by atoms with van der Waals surface area (Å²) in [6, 6.07) is 12.2. The van der Waals surface area contributed by atoms with Gasteiger partial charge in [0.15, 0.2) is 0 Å². The first-order valence-electron chi connectivity index (χ1n) is 8.20. The van der Waals surface area contributed by atoms with Crippen molar-refractivity contribution in [3.63, 3.8) is 0 Å². The summed E-state index contributed by atoms with van der Waals surface area (Å²) in [6.45, 7) is 4.37. The first-order valence-corrected chi connectivity index (χ1v) is 8.20. The molecule has 0 atom stereocenters. The maximum atomic E-state index is 12.7. The van der Waals surface area contributed by atoms with Crippen LogP contribution in [0.15, 0.2) is 47.4 Å². The Kier molecular flexibility index (Phi) is 4.81. The summed E-state index contributed by atoms with van der Waals surface area (Å²) in [5, 5.41) is 9.20. The van der Waals surface area contributed by atoms with E-state index in [-0.39, 0.29) is 17.6 Å². The van der Waals surface area contributed by atoms with Crippen molar-refractivity contribution in [1.82, 2.24) is 9.55 Å². The minimum absolute atomic E-state index is 0.0151. The van der Waals surface area contributed by atoms with E-state index in [1.165, 1.54) is 6.20 Å². The second-order valence-corrected chi connectivity index (χ2v) is 5.87. The summed E-state index contributed by atoms with van der Waals surface area (Å²) in [7, 11) is 0. The molecule has 0 fully saturated rings. The van der Waals surface area contributed by atoms with E-state index >= 15 is 0 Å². The minimum Gasteiger partial charge on any atom is -0.457 e. The number of fused-ring (bicyclic) bond motifs is 1. The van der Waals surface area contributed by atoms with Crippen LogP contribution < -0.4 is 5.43 Å². The Balaban J connectivity index is 1.90. The number of ether oxygens (including phenoxy) is 1. The number of carbonyl (C=O) groups is 1. The normalized spacial score (nSPS) is 10.5. The Labute approximate surface area is 150 Å². The standard InChI is InChI=1S/C20H17N3O3/c1-3-23-11-17(18(24)16-9-4-13(2)22-19(16)23)20(25)26-12-15-7-5-14(10-21)6-8-15/h4-9,11H,3,12H2,1-2H3. The number of pyridine rings is 2. The average molecular weight is 347 g/mol. The molecule has 0 radical (unpaired) electrons. The molecule has 2 heterocycles. The third kappa shape index (κ3) is 3.33. The summed E-state index contributed by atoms with van der Waals surface area (Å²) in [5.41, 5.74) is 2.23. The number of aromatic nitrogens is 2. The van der Waals surface area contributed by atoms with Crippen molar-refractivity contribution in [2.45, 2.75) is 27.0 Å². The Bertz CT molecular complexity index is 1080. The van der Waals surface area contributed by atoms with Crippen LogP contribution in [0, 0.1) is 18.3 Å². The highest BCUT2D eigenvalue weighted by molar-refractivity contribution is 5.93. The first-order chi connectivity index (χ1) is 12.5. The number of esters is 1. The van der Waals surface area contributed by atoms with Gasteiger partial charge in [0.2, 0.25) is 5.43 Å². The van der Waals surface area contributed by atoms with Crippen LogP contribution in [0.1, 0.15) is 34.1 Å². The molecule has 1 aromatic carbocycles. The highest BCUT2D eigenvalue weighted by Gasteiger charge is 2.17. The van der Waals surface area contributed by atoms with Gasteiger partial charge in [-0.25, -0.2) is 9.78 Å². The number of aryl methyl sites for hydroxylation is 2. The lowest BCUT2D eigenvalue weighted by molar-refractivity contribution is 0.0470. The van der Waals surface area contributed by atoms with Crippen LogP contribution in [-0.4, -0.2) is 15.5 Å². The quantitative estimate of drug-likeness (QED) is 0.677. The summed E-state index contributed by atoms with van der Waals surface area (Å²) < 4.78 is 7.05. The van der Waals surface area contributed by atoms with Gasteiger partial charge < -0.3 is 9.30 Å². The van der Waals surface area contributed by atoms with Gasteiger partial charge in [-0.2, -0.15) is 5.26 Å². The van der Waals surface area contributed by atoms with E-state index in [1.807, 2.05) is 19.9 Å². The molecule has 0 aliphatic heterocycles. The topological polar surface area (TPSA) is 85.0 Å². The van der Waals surface area contributed by atoms with Crippen LogP contribution in [0.25, 0.3) is 11.0 Å². The van der Waals surface area contributed by atoms with Crippen molar-refractivity contribution in [3.8, 4) is 6.07 Å². The Morgan fingerprint density at radius 3 is 2.62 bits per heavy atom. The molecular weight excluding hydrogens is 330 g/mol. The van der Waals surface area contributed by atoms with Gasteiger partial charge in [-0.05, 0) is 43.7 Å². The number of hydrogen-bond donors (Lipinski definition) is 0. The molecule has 26 heavy (non-hydrogen) atoms. The maximum absolute atomic E-state index is 12.7. The zero-order valence-electron chi connectivity index (χ0n) is 14.5. The minimum atomic E-state index is -0.677. The molecule has 0 spiro atoms. The van der Waals surface area contributed by atoms with Gasteiger partial charge in [-0.3, -0.25) is 4.79 Å². The SMILES string of the molecule is CCn1cc(C(=O)OCc2ccc(C#N)cc2)c(=O)c2ccc(C)nc21. The summed E-state index contributed by atoms with van der Waals surface area (Å²) >= 11 is 0. The smallest absolute Gasteiger partial charge is 0.344 e. The van der Waals surface area contributed by atoms with Crippen LogP contribution in [0.5, 0.6) is 0 Å². The molecule has 2 aromatic heterocycles. The van der Waals surface area contributed by atoms with E-state index in [2.05, 4.69) is 4.98 Å². The molecule has 6 nitrogen and oxygen atoms in total. The lowest BCUT2D eigenvalue weighted by atomic mass is 10.1. The Hall–Kier alpha value is -3.46. The molecule has 3 aromatic rings. The second kappa shape index (κ2) is 7.19. The van der Waals surface area contributed by atoms with Crippen LogP contribution in [0.2, 0.25) is 0 Å². The first kappa shape index (κ1) is 17.4. The predicted molar refractivity (Wildman–Crippen MR) is 96.7 cm³/mol. The second-order valence-electron chi connectivity index (χ2n) is 5.87. The van der Waals surface area contributed by atoms with Gasteiger partial charge >= 0.3 is 5.97 Å². The largest absolute Gasteiger partial charge is 0.457 e. The average Bonchev–Trinajstić information content (AvgIpc) is 2.66. The van der Waals surface area contributed by atoms with Crippen molar-refractivity contribution >= 4 is 17.0 Å². The van der Waals surface area contributed by atoms with E-state index in [4.69, 9.17) is 10.00 Å². The molecule has 0 aliphatic carbocycles. The molecular formula is C20H17N3O3. The van der Waals surface area contributed by atoms with E-state index in [1.54, 1.807) is 41.0 Å². The van der Waals surface area contributed by atoms with Gasteiger partial charge in [0.1, 0.15) is 17.8 Å². The van der Waals surface area contributed by atoms with Crippen molar-refractivity contribution < 1.29 is 9.53 Å². The van der Waals surface area contributed by atoms with E-state index in [0.29, 0.717) is 23.1 Å². The number of nitrogens with zero attached hydrogens (tertiary/aromatic N) is 3. The van der Waals surface area contributed by atoms with E-state index in [9.17, 15) is 9.59 Å². The third-order valence-corrected chi connectivity index (χ3v) is 4.07. The molecule has 0 bridgehead atoms. The zero-order valence-corrected chi connectivity index (χ0v) is 14.5. The van der Waals surface area contributed by atoms with Crippen LogP contribution in [0.3, 0.4) is 0 Å². The van der Waals surface area contributed by atoms with Crippen LogP contribution in [-0.2, 0) is 17.9 Å². The molecule has 0 aliphatic rings. The van der Waals surface area contributed by atoms with Gasteiger partial charge in [0.25, 0.3) is 0 Å². The fraction of sp³-hybridized carbons (Fsp3) is 0.200. The zero-order chi connectivity index (χ0) is 18.7. The molecule has 0 saturated carbocycles. The number of hydrogen-bond acceptors (Lipinski definition) is 5. The molecule has 130 valence electrons. The van der Waals surface area contributed by atoms with Crippen molar-refractivity contribution in [1.29, 1.82) is 5.26 Å². The Morgan fingerprint density at radius 2 is 1.96 bits per heavy atom. The molecule has 3 rings (SSSR count). The van der Waals surface area contributed by atoms with E-state index < -0.39 is 5.97 Å². The van der Waals surface area contributed by atoms with Crippen molar-refractivity contribution in [2.75, 3.05) is 0 Å². The summed E-state index contributed by atoms with van der Waals surface area (Å²) in [4.78, 5) is 29.5. The van der Waals surface area contributed by atoms with Gasteiger partial charge in [-0.1, -0.05) is 12.1 Å². The highest BCUT2D eigenvalue weighted by Crippen LogP contribution is 2.12. The molecule has 6 heteroatoms. The lowest BCUT2D eigenvalue weighted by Crippen LogP contribution is -2.21. The molecule has 0 unspecified atom stereocenters. The molecule has 0 N–H and O–H groups in total. The fourth-order valence-electron chi connectivity index (χ4n) is 2.65. The summed E-state index contributed by atoms with van der Waals surface area (Å²) in [6.07, 6.45) is 1.50. The third-order valence-electron chi connectivity index (χ3n) is 4.07. The molecule has 0 saturated heterocycles. The maximum Gasteiger partial charge on any atom is 0.344 e. The number of benzene rings is 1. The Morgan fingerprint density at radius 1 is 1.23 bits per heavy atom. The molecule has 0 amide bonds. The van der Waals surface area contributed by atoms with Gasteiger partial charge in [-0.15, -0.1) is 0 Å². The highest BCUT2D eigenvalue weighted by atomic mass is 16.5. The van der Waals surface area contributed by atoms with Crippen molar-refractivity contribution in [2.24, 2.45) is 0 Å². The summed E-state index contributed by atoms with van der Waals surface area (Å²) in [5.74, 6) is -0.677. The monoisotopic (exact) mass is 347 g/mol. The van der Waals surface area contributed by atoms with Crippen LogP contribution >= 0.6 is 0 Å². The van der Waals surface area contributed by atoms with Crippen molar-refractivity contribution in [3.05, 3.63) is 75.2 Å². The number of nitriles is 1. The van der Waals surface area contributed by atoms with Gasteiger partial charge in [0, 0.05) is 18.4 Å². The predicted octanol–water partition coefficient (Wildman–Crippen LogP) is 2.95.